The van der Waals surface area contributed by atoms with E-state index < -0.39 is 47.5 Å². The van der Waals surface area contributed by atoms with Crippen molar-refractivity contribution >= 4 is 23.6 Å². The highest BCUT2D eigenvalue weighted by Crippen LogP contribution is 2.53. The largest absolute Gasteiger partial charge is 0.416 e. The third-order valence-electron chi connectivity index (χ3n) is 6.03. The lowest BCUT2D eigenvalue weighted by Gasteiger charge is -2.33. The number of hydrogen-bond acceptors (Lipinski definition) is 4. The van der Waals surface area contributed by atoms with Crippen molar-refractivity contribution in [3.8, 4) is 6.07 Å². The molecule has 2 aromatic carbocycles. The van der Waals surface area contributed by atoms with Crippen LogP contribution in [-0.2, 0) is 15.8 Å². The van der Waals surface area contributed by atoms with E-state index in [2.05, 4.69) is 6.07 Å². The Morgan fingerprint density at radius 3 is 2.43 bits per heavy atom. The summed E-state index contributed by atoms with van der Waals surface area (Å²) in [5, 5.41) is 9.76. The van der Waals surface area contributed by atoms with Crippen LogP contribution in [0.3, 0.4) is 0 Å². The molecule has 2 saturated heterocycles. The lowest BCUT2D eigenvalue weighted by atomic mass is 9.85. The molecule has 0 spiro atoms. The summed E-state index contributed by atoms with van der Waals surface area (Å²) < 4.78 is 39.4. The molecule has 0 unspecified atom stereocenters. The third kappa shape index (κ3) is 2.41. The summed E-state index contributed by atoms with van der Waals surface area (Å²) >= 11 is 0. The summed E-state index contributed by atoms with van der Waals surface area (Å²) in [6, 6.07) is 12.3. The molecule has 5 nitrogen and oxygen atoms in total. The van der Waals surface area contributed by atoms with Crippen molar-refractivity contribution in [2.45, 2.75) is 18.3 Å². The Morgan fingerprint density at radius 1 is 0.967 bits per heavy atom. The summed E-state index contributed by atoms with van der Waals surface area (Å²) in [6.45, 7) is 0. The van der Waals surface area contributed by atoms with Gasteiger partial charge in [-0.15, -0.1) is 0 Å². The van der Waals surface area contributed by atoms with Gasteiger partial charge in [-0.2, -0.15) is 18.4 Å². The quantitative estimate of drug-likeness (QED) is 0.673. The van der Waals surface area contributed by atoms with Crippen LogP contribution in [0.2, 0.25) is 0 Å². The van der Waals surface area contributed by atoms with E-state index in [4.69, 9.17) is 0 Å². The fourth-order valence-electron chi connectivity index (χ4n) is 4.78. The lowest BCUT2D eigenvalue weighted by molar-refractivity contribution is -0.137. The maximum Gasteiger partial charge on any atom is 0.416 e. The first-order valence-electron chi connectivity index (χ1n) is 9.32. The van der Waals surface area contributed by atoms with Crippen molar-refractivity contribution in [1.29, 1.82) is 5.26 Å². The Balaban J connectivity index is 1.61. The highest BCUT2D eigenvalue weighted by atomic mass is 19.4. The number of rotatable bonds is 1. The summed E-state index contributed by atoms with van der Waals surface area (Å²) in [7, 11) is 0. The van der Waals surface area contributed by atoms with Gasteiger partial charge in [0.2, 0.25) is 11.8 Å². The average Bonchev–Trinajstić information content (AvgIpc) is 3.20. The number of imide groups is 1. The standard InChI is InChI=1S/C22H14F3N3O2/c23-22(24,25)13-5-3-6-14(10-13)28-20(29)17-16(11-26)27-9-8-12-4-1-2-7-15(12)19(27)18(17)21(28)30/h1-10,16-19H/t16-,17+,18+,19-/m1/s1. The first kappa shape index (κ1) is 18.4. The van der Waals surface area contributed by atoms with Crippen LogP contribution in [0.5, 0.6) is 0 Å². The molecule has 0 aliphatic carbocycles. The van der Waals surface area contributed by atoms with Gasteiger partial charge in [0, 0.05) is 6.20 Å². The summed E-state index contributed by atoms with van der Waals surface area (Å²) in [5.74, 6) is -3.01. The van der Waals surface area contributed by atoms with Gasteiger partial charge in [0.05, 0.1) is 35.2 Å². The van der Waals surface area contributed by atoms with E-state index in [0.29, 0.717) is 0 Å². The maximum absolute atomic E-state index is 13.3. The molecule has 3 aliphatic heterocycles. The topological polar surface area (TPSA) is 64.4 Å². The van der Waals surface area contributed by atoms with Crippen LogP contribution in [0.25, 0.3) is 6.08 Å². The molecule has 8 heteroatoms. The molecule has 0 aromatic heterocycles. The molecule has 3 aliphatic rings. The van der Waals surface area contributed by atoms with Crippen LogP contribution >= 0.6 is 0 Å². The van der Waals surface area contributed by atoms with E-state index in [1.165, 1.54) is 12.1 Å². The number of halogens is 3. The molecule has 2 amide bonds. The maximum atomic E-state index is 13.3. The van der Waals surface area contributed by atoms with E-state index >= 15 is 0 Å². The number of nitrogens with zero attached hydrogens (tertiary/aromatic N) is 3. The summed E-state index contributed by atoms with van der Waals surface area (Å²) in [6.07, 6.45) is -1.05. The van der Waals surface area contributed by atoms with Gasteiger partial charge < -0.3 is 4.90 Å². The molecule has 150 valence electrons. The van der Waals surface area contributed by atoms with Gasteiger partial charge in [0.1, 0.15) is 6.04 Å². The number of anilines is 1. The van der Waals surface area contributed by atoms with E-state index in [1.54, 1.807) is 11.1 Å². The van der Waals surface area contributed by atoms with E-state index in [0.717, 1.165) is 28.2 Å². The van der Waals surface area contributed by atoms with E-state index in [1.807, 2.05) is 30.3 Å². The Hall–Kier alpha value is -3.60. The fourth-order valence-corrected chi connectivity index (χ4v) is 4.78. The average molecular weight is 409 g/mol. The number of carbonyl (C=O) groups excluding carboxylic acids is 2. The molecule has 4 atom stereocenters. The van der Waals surface area contributed by atoms with Crippen molar-refractivity contribution in [3.05, 3.63) is 71.4 Å². The molecule has 0 bridgehead atoms. The number of amides is 2. The highest BCUT2D eigenvalue weighted by molar-refractivity contribution is 6.23. The number of benzene rings is 2. The Morgan fingerprint density at radius 2 is 1.70 bits per heavy atom. The molecule has 0 radical (unpaired) electrons. The zero-order valence-corrected chi connectivity index (χ0v) is 15.4. The highest BCUT2D eigenvalue weighted by Gasteiger charge is 2.63. The van der Waals surface area contributed by atoms with Crippen LogP contribution in [0, 0.1) is 23.2 Å². The number of alkyl halides is 3. The molecule has 5 rings (SSSR count). The van der Waals surface area contributed by atoms with Crippen molar-refractivity contribution in [2.75, 3.05) is 4.90 Å². The van der Waals surface area contributed by atoms with Crippen molar-refractivity contribution in [2.24, 2.45) is 11.8 Å². The number of carbonyl (C=O) groups is 2. The predicted molar refractivity (Wildman–Crippen MR) is 100 cm³/mol. The zero-order chi connectivity index (χ0) is 21.2. The smallest absolute Gasteiger partial charge is 0.353 e. The van der Waals surface area contributed by atoms with Crippen LogP contribution in [0.15, 0.2) is 54.7 Å². The molecule has 3 heterocycles. The van der Waals surface area contributed by atoms with Crippen LogP contribution in [0.1, 0.15) is 22.7 Å². The van der Waals surface area contributed by atoms with Gasteiger partial charge in [-0.05, 0) is 35.4 Å². The van der Waals surface area contributed by atoms with E-state index in [9.17, 15) is 28.0 Å². The Kier molecular flexibility index (Phi) is 3.81. The monoisotopic (exact) mass is 409 g/mol. The minimum atomic E-state index is -4.60. The number of nitriles is 1. The molecule has 0 N–H and O–H groups in total. The van der Waals surface area contributed by atoms with Crippen molar-refractivity contribution in [3.63, 3.8) is 0 Å². The molecular weight excluding hydrogens is 395 g/mol. The van der Waals surface area contributed by atoms with Gasteiger partial charge in [-0.3, -0.25) is 9.59 Å². The first-order chi connectivity index (χ1) is 14.3. The Labute approximate surface area is 169 Å². The second-order valence-corrected chi connectivity index (χ2v) is 7.52. The second kappa shape index (κ2) is 6.20. The van der Waals surface area contributed by atoms with Gasteiger partial charge in [-0.25, -0.2) is 4.90 Å². The van der Waals surface area contributed by atoms with E-state index in [-0.39, 0.29) is 5.69 Å². The first-order valence-corrected chi connectivity index (χ1v) is 9.32. The molecular formula is C22H14F3N3O2. The zero-order valence-electron chi connectivity index (χ0n) is 15.4. The minimum Gasteiger partial charge on any atom is -0.353 e. The summed E-state index contributed by atoms with van der Waals surface area (Å²) in [4.78, 5) is 29.1. The number of hydrogen-bond donors (Lipinski definition) is 0. The van der Waals surface area contributed by atoms with Gasteiger partial charge in [-0.1, -0.05) is 30.3 Å². The molecule has 2 fully saturated rings. The van der Waals surface area contributed by atoms with Crippen LogP contribution in [-0.4, -0.2) is 22.8 Å². The molecule has 30 heavy (non-hydrogen) atoms. The van der Waals surface area contributed by atoms with Crippen LogP contribution < -0.4 is 4.90 Å². The molecule has 2 aromatic rings. The minimum absolute atomic E-state index is 0.128. The predicted octanol–water partition coefficient (Wildman–Crippen LogP) is 3.74. The number of fused-ring (bicyclic) bond motifs is 5. The van der Waals surface area contributed by atoms with Crippen molar-refractivity contribution in [1.82, 2.24) is 4.90 Å². The third-order valence-corrected chi connectivity index (χ3v) is 6.03. The second-order valence-electron chi connectivity index (χ2n) is 7.52. The normalized spacial score (nSPS) is 27.0. The van der Waals surface area contributed by atoms with Crippen LogP contribution in [0.4, 0.5) is 18.9 Å². The molecule has 0 saturated carbocycles. The van der Waals surface area contributed by atoms with Crippen molar-refractivity contribution < 1.29 is 22.8 Å². The van der Waals surface area contributed by atoms with Gasteiger partial charge >= 0.3 is 6.18 Å². The Bertz CT molecular complexity index is 1150. The van der Waals surface area contributed by atoms with Gasteiger partial charge in [0.15, 0.2) is 0 Å². The SMILES string of the molecule is N#C[C@@H]1[C@@H]2C(=O)N(c3cccc(C(F)(F)F)c3)C(=O)[C@@H]2[C@H]2c3ccccc3C=CN12. The lowest BCUT2D eigenvalue weighted by Crippen LogP contribution is -2.40. The fraction of sp³-hybridized carbons (Fsp3) is 0.227. The summed E-state index contributed by atoms with van der Waals surface area (Å²) in [5.41, 5.74) is 0.632. The van der Waals surface area contributed by atoms with Gasteiger partial charge in [0.25, 0.3) is 0 Å².